The zero-order chi connectivity index (χ0) is 25.1. The first kappa shape index (κ1) is 24.9. The van der Waals surface area contributed by atoms with E-state index in [9.17, 15) is 31.1 Å². The maximum absolute atomic E-state index is 12.7. The van der Waals surface area contributed by atoms with E-state index in [4.69, 9.17) is 10.4 Å². The van der Waals surface area contributed by atoms with Crippen molar-refractivity contribution in [1.29, 1.82) is 5.26 Å². The molecule has 180 valence electrons. The molecule has 0 saturated heterocycles. The minimum Gasteiger partial charge on any atom is -0.406 e. The molecule has 2 aromatic carbocycles. The number of fused-ring (bicyclic) bond motifs is 1. The number of aliphatic hydroxyl groups is 1. The van der Waals surface area contributed by atoms with Crippen LogP contribution in [0.25, 0.3) is 10.9 Å². The van der Waals surface area contributed by atoms with Gasteiger partial charge in [0.2, 0.25) is 0 Å². The number of rotatable bonds is 7. The molecule has 2 N–H and O–H groups in total. The molecular weight excluding hydrogens is 468 g/mol. The summed E-state index contributed by atoms with van der Waals surface area (Å²) in [5, 5.41) is 21.0. The number of nitriles is 1. The highest BCUT2D eigenvalue weighted by atomic mass is 19.4. The van der Waals surface area contributed by atoms with Gasteiger partial charge in [0.25, 0.3) is 5.91 Å². The van der Waals surface area contributed by atoms with Crippen LogP contribution in [0.5, 0.6) is 5.75 Å². The number of aromatic nitrogens is 1. The highest BCUT2D eigenvalue weighted by Crippen LogP contribution is 2.27. The van der Waals surface area contributed by atoms with Gasteiger partial charge >= 0.3 is 12.5 Å². The van der Waals surface area contributed by atoms with Crippen LogP contribution in [-0.2, 0) is 6.54 Å². The van der Waals surface area contributed by atoms with Crippen molar-refractivity contribution in [3.63, 3.8) is 0 Å². The second-order valence-electron chi connectivity index (χ2n) is 7.30. The van der Waals surface area contributed by atoms with Crippen molar-refractivity contribution in [2.75, 3.05) is 6.54 Å². The molecule has 0 fully saturated rings. The number of benzene rings is 2. The van der Waals surface area contributed by atoms with Crippen molar-refractivity contribution in [2.45, 2.75) is 31.6 Å². The first-order valence-electron chi connectivity index (χ1n) is 9.78. The molecule has 6 nitrogen and oxygen atoms in total. The molecule has 0 radical (unpaired) electrons. The maximum Gasteiger partial charge on any atom is 0.573 e. The maximum atomic E-state index is 12.7. The van der Waals surface area contributed by atoms with Crippen molar-refractivity contribution < 1.29 is 41.0 Å². The minimum absolute atomic E-state index is 0.00808. The summed E-state index contributed by atoms with van der Waals surface area (Å²) in [5.41, 5.74) is 1.13. The van der Waals surface area contributed by atoms with Crippen LogP contribution >= 0.6 is 0 Å². The predicted molar refractivity (Wildman–Crippen MR) is 108 cm³/mol. The van der Waals surface area contributed by atoms with Crippen LogP contribution in [0.2, 0.25) is 0 Å². The van der Waals surface area contributed by atoms with Crippen molar-refractivity contribution in [2.24, 2.45) is 0 Å². The zero-order valence-electron chi connectivity index (χ0n) is 17.2. The summed E-state index contributed by atoms with van der Waals surface area (Å²) in [6.07, 6.45) is -13.1. The van der Waals surface area contributed by atoms with E-state index >= 15 is 0 Å². The molecule has 1 amide bonds. The van der Waals surface area contributed by atoms with Crippen LogP contribution in [0.1, 0.15) is 28.0 Å². The number of halogens is 6. The number of nitrogens with zero attached hydrogens (tertiary/aromatic N) is 2. The average molecular weight is 485 g/mol. The van der Waals surface area contributed by atoms with Gasteiger partial charge in [0.1, 0.15) is 11.4 Å². The quantitative estimate of drug-likeness (QED) is 0.483. The second kappa shape index (κ2) is 9.64. The summed E-state index contributed by atoms with van der Waals surface area (Å²) < 4.78 is 80.5. The lowest BCUT2D eigenvalue weighted by Crippen LogP contribution is -2.34. The van der Waals surface area contributed by atoms with Crippen LogP contribution in [0, 0.1) is 11.3 Å². The molecule has 1 unspecified atom stereocenters. The topological polar surface area (TPSA) is 87.3 Å². The number of hydrogen-bond acceptors (Lipinski definition) is 4. The van der Waals surface area contributed by atoms with Gasteiger partial charge in [-0.25, -0.2) is 0 Å². The van der Waals surface area contributed by atoms with Crippen molar-refractivity contribution in [3.8, 4) is 11.8 Å². The molecule has 0 aliphatic heterocycles. The van der Waals surface area contributed by atoms with E-state index in [0.717, 1.165) is 12.1 Å². The number of carbonyl (C=O) groups is 1. The second-order valence-corrected chi connectivity index (χ2v) is 7.30. The molecule has 0 saturated carbocycles. The summed E-state index contributed by atoms with van der Waals surface area (Å²) in [5.74, 6) is -1.22. The Morgan fingerprint density at radius 3 is 2.50 bits per heavy atom. The number of alkyl halides is 6. The van der Waals surface area contributed by atoms with Crippen LogP contribution in [0.4, 0.5) is 26.3 Å². The van der Waals surface area contributed by atoms with Crippen LogP contribution in [0.15, 0.2) is 48.5 Å². The molecule has 1 aromatic heterocycles. The van der Waals surface area contributed by atoms with Gasteiger partial charge in [0.05, 0.1) is 11.6 Å². The van der Waals surface area contributed by atoms with E-state index in [-0.39, 0.29) is 12.2 Å². The number of aliphatic hydroxyl groups excluding tert-OH is 1. The lowest BCUT2D eigenvalue weighted by Gasteiger charge is -2.15. The molecule has 34 heavy (non-hydrogen) atoms. The lowest BCUT2D eigenvalue weighted by molar-refractivity contribution is -0.274. The Kier molecular flexibility index (Phi) is 7.07. The highest BCUT2D eigenvalue weighted by molar-refractivity contribution is 5.99. The van der Waals surface area contributed by atoms with Gasteiger partial charge in [0, 0.05) is 24.0 Å². The normalized spacial score (nSPS) is 12.9. The summed E-state index contributed by atoms with van der Waals surface area (Å²) in [7, 11) is 0. The van der Waals surface area contributed by atoms with Gasteiger partial charge in [0.15, 0.2) is 6.10 Å². The van der Waals surface area contributed by atoms with E-state index in [0.29, 0.717) is 22.0 Å². The molecule has 3 rings (SSSR count). The number of hydrogen-bond donors (Lipinski definition) is 2. The van der Waals surface area contributed by atoms with Crippen LogP contribution in [-0.4, -0.2) is 40.8 Å². The Hall–Kier alpha value is -3.72. The molecule has 0 aliphatic carbocycles. The van der Waals surface area contributed by atoms with Gasteiger partial charge in [-0.3, -0.25) is 4.79 Å². The fourth-order valence-electron chi connectivity index (χ4n) is 3.30. The van der Waals surface area contributed by atoms with Crippen molar-refractivity contribution >= 4 is 16.8 Å². The lowest BCUT2D eigenvalue weighted by atomic mass is 10.1. The Morgan fingerprint density at radius 1 is 1.12 bits per heavy atom. The monoisotopic (exact) mass is 485 g/mol. The molecule has 1 atom stereocenters. The van der Waals surface area contributed by atoms with E-state index in [2.05, 4.69) is 10.1 Å². The highest BCUT2D eigenvalue weighted by Gasteiger charge is 2.37. The van der Waals surface area contributed by atoms with E-state index < -0.39 is 43.3 Å². The Bertz CT molecular complexity index is 1230. The Labute approximate surface area is 189 Å². The van der Waals surface area contributed by atoms with Gasteiger partial charge in [-0.15, -0.1) is 13.2 Å². The first-order chi connectivity index (χ1) is 15.9. The van der Waals surface area contributed by atoms with Gasteiger partial charge in [-0.05, 0) is 48.4 Å². The Morgan fingerprint density at radius 2 is 1.85 bits per heavy atom. The average Bonchev–Trinajstić information content (AvgIpc) is 3.09. The van der Waals surface area contributed by atoms with Gasteiger partial charge in [-0.1, -0.05) is 12.1 Å². The minimum atomic E-state index is -4.89. The summed E-state index contributed by atoms with van der Waals surface area (Å²) in [6.45, 7) is -0.544. The third kappa shape index (κ3) is 6.20. The van der Waals surface area contributed by atoms with Crippen molar-refractivity contribution in [3.05, 3.63) is 65.4 Å². The predicted octanol–water partition coefficient (Wildman–Crippen LogP) is 4.50. The Balaban J connectivity index is 1.91. The van der Waals surface area contributed by atoms with E-state index in [1.165, 1.54) is 34.9 Å². The molecule has 12 heteroatoms. The zero-order valence-corrected chi connectivity index (χ0v) is 17.2. The SMILES string of the molecule is N#Cc1ccc2c(c1)cc(C(=O)NCCC(O)C(F)(F)F)n2Cc1cccc(OC(F)(F)F)c1. The number of nitrogens with one attached hydrogen (secondary N) is 1. The van der Waals surface area contributed by atoms with Crippen LogP contribution < -0.4 is 10.1 Å². The molecule has 0 bridgehead atoms. The molecule has 1 heterocycles. The number of ether oxygens (including phenoxy) is 1. The molecular formula is C22H17F6N3O3. The smallest absolute Gasteiger partial charge is 0.406 e. The fourth-order valence-corrected chi connectivity index (χ4v) is 3.30. The van der Waals surface area contributed by atoms with Crippen LogP contribution in [0.3, 0.4) is 0 Å². The first-order valence-corrected chi connectivity index (χ1v) is 9.78. The third-order valence-electron chi connectivity index (χ3n) is 4.82. The number of amides is 1. The summed E-state index contributed by atoms with van der Waals surface area (Å²) in [6, 6.07) is 13.0. The molecule has 0 spiro atoms. The molecule has 0 aliphatic rings. The standard InChI is InChI=1S/C22H17F6N3O3/c23-21(24,25)19(32)6-7-30-20(33)18-10-15-8-13(11-29)4-5-17(15)31(18)12-14-2-1-3-16(9-14)34-22(26,27)28/h1-5,8-10,19,32H,6-7,12H2,(H,30,33). The van der Waals surface area contributed by atoms with E-state index in [1.54, 1.807) is 6.07 Å². The third-order valence-corrected chi connectivity index (χ3v) is 4.82. The van der Waals surface area contributed by atoms with Gasteiger partial charge in [-0.2, -0.15) is 18.4 Å². The molecule has 3 aromatic rings. The van der Waals surface area contributed by atoms with E-state index in [1.807, 2.05) is 6.07 Å². The summed E-state index contributed by atoms with van der Waals surface area (Å²) in [4.78, 5) is 12.7. The van der Waals surface area contributed by atoms with Crippen molar-refractivity contribution in [1.82, 2.24) is 9.88 Å². The number of carbonyl (C=O) groups excluding carboxylic acids is 1. The van der Waals surface area contributed by atoms with Gasteiger partial charge < -0.3 is 19.7 Å². The fraction of sp³-hybridized carbons (Fsp3) is 0.273. The summed E-state index contributed by atoms with van der Waals surface area (Å²) >= 11 is 0. The largest absolute Gasteiger partial charge is 0.573 e.